The summed E-state index contributed by atoms with van der Waals surface area (Å²) in [5, 5.41) is 8.30. The van der Waals surface area contributed by atoms with Crippen LogP contribution in [0.2, 0.25) is 0 Å². The van der Waals surface area contributed by atoms with Crippen LogP contribution in [0.4, 0.5) is 5.69 Å². The predicted octanol–water partition coefficient (Wildman–Crippen LogP) is 4.30. The van der Waals surface area contributed by atoms with Crippen molar-refractivity contribution in [2.24, 2.45) is 0 Å². The summed E-state index contributed by atoms with van der Waals surface area (Å²) < 4.78 is 5.46. The van der Waals surface area contributed by atoms with Crippen molar-refractivity contribution in [2.45, 2.75) is 76.5 Å². The average molecular weight is 411 g/mol. The lowest BCUT2D eigenvalue weighted by Gasteiger charge is -2.41. The smallest absolute Gasteiger partial charge is 0.240 e. The van der Waals surface area contributed by atoms with Crippen LogP contribution in [0.3, 0.4) is 0 Å². The molecule has 1 aliphatic heterocycles. The maximum absolute atomic E-state index is 12.8. The first-order valence-corrected chi connectivity index (χ1v) is 11.3. The number of aromatic nitrogens is 1. The minimum atomic E-state index is -0.0989. The lowest BCUT2D eigenvalue weighted by Crippen LogP contribution is -2.54. The molecule has 162 valence electrons. The molecule has 0 radical (unpaired) electrons. The van der Waals surface area contributed by atoms with Gasteiger partial charge in [0.05, 0.1) is 30.0 Å². The number of methoxy groups -OCH3 is 1. The Balaban J connectivity index is 1.39. The van der Waals surface area contributed by atoms with Crippen molar-refractivity contribution < 1.29 is 9.53 Å². The maximum Gasteiger partial charge on any atom is 0.240 e. The summed E-state index contributed by atoms with van der Waals surface area (Å²) in [5.41, 5.74) is 1.85. The van der Waals surface area contributed by atoms with E-state index in [1.165, 1.54) is 19.3 Å². The van der Waals surface area contributed by atoms with E-state index in [1.807, 2.05) is 31.3 Å². The van der Waals surface area contributed by atoms with E-state index in [2.05, 4.69) is 33.5 Å². The fraction of sp³-hybridized carbons (Fsp3) is 0.583. The summed E-state index contributed by atoms with van der Waals surface area (Å²) in [6.07, 6.45) is 9.64. The molecule has 2 heterocycles. The molecule has 6 nitrogen and oxygen atoms in total. The molecule has 2 N–H and O–H groups in total. The third-order valence-electron chi connectivity index (χ3n) is 6.65. The molecule has 30 heavy (non-hydrogen) atoms. The Kier molecular flexibility index (Phi) is 6.14. The number of anilines is 1. The van der Waals surface area contributed by atoms with Crippen LogP contribution >= 0.6 is 0 Å². The van der Waals surface area contributed by atoms with Crippen molar-refractivity contribution in [3.05, 3.63) is 30.5 Å². The van der Waals surface area contributed by atoms with Gasteiger partial charge in [-0.25, -0.2) is 0 Å². The zero-order valence-electron chi connectivity index (χ0n) is 18.4. The Morgan fingerprint density at radius 2 is 2.13 bits per heavy atom. The van der Waals surface area contributed by atoms with E-state index in [1.54, 1.807) is 7.11 Å². The van der Waals surface area contributed by atoms with Crippen LogP contribution in [0.25, 0.3) is 10.9 Å². The van der Waals surface area contributed by atoms with Crippen LogP contribution in [0.1, 0.15) is 58.8 Å². The number of nitrogens with zero attached hydrogens (tertiary/aromatic N) is 2. The number of ether oxygens (including phenoxy) is 1. The first kappa shape index (κ1) is 20.9. The molecule has 1 saturated carbocycles. The van der Waals surface area contributed by atoms with E-state index >= 15 is 0 Å². The second kappa shape index (κ2) is 8.80. The number of fused-ring (bicyclic) bond motifs is 1. The fourth-order valence-electron chi connectivity index (χ4n) is 5.15. The molecule has 1 unspecified atom stereocenters. The van der Waals surface area contributed by atoms with Gasteiger partial charge < -0.3 is 15.0 Å². The number of rotatable bonds is 7. The van der Waals surface area contributed by atoms with E-state index in [0.717, 1.165) is 54.6 Å². The summed E-state index contributed by atoms with van der Waals surface area (Å²) in [4.78, 5) is 19.5. The molecule has 1 amide bonds. The van der Waals surface area contributed by atoms with Gasteiger partial charge in [0.25, 0.3) is 0 Å². The van der Waals surface area contributed by atoms with Crippen molar-refractivity contribution in [3.8, 4) is 5.75 Å². The lowest BCUT2D eigenvalue weighted by atomic mass is 9.88. The van der Waals surface area contributed by atoms with Crippen LogP contribution in [0.15, 0.2) is 30.5 Å². The molecule has 1 spiro atoms. The van der Waals surface area contributed by atoms with Gasteiger partial charge in [0.15, 0.2) is 0 Å². The molecule has 2 atom stereocenters. The standard InChI is InChI=1S/C24H34N4O2/c1-17(26-21-16-20(30-3)15-19-10-7-13-25-22(19)21)9-8-14-28-23(29)18(2)27-24(28)11-5-4-6-12-24/h7,10,13,15-18,26-27H,4-6,8-9,11-12,14H2,1-3H3/t17?,18-/m1/s1. The zero-order chi connectivity index (χ0) is 21.1. The third-order valence-corrected chi connectivity index (χ3v) is 6.65. The number of pyridine rings is 1. The number of carbonyl (C=O) groups excluding carboxylic acids is 1. The van der Waals surface area contributed by atoms with Crippen molar-refractivity contribution >= 4 is 22.5 Å². The first-order chi connectivity index (χ1) is 14.5. The van der Waals surface area contributed by atoms with Gasteiger partial charge in [0, 0.05) is 30.2 Å². The minimum Gasteiger partial charge on any atom is -0.497 e. The van der Waals surface area contributed by atoms with Crippen molar-refractivity contribution in [3.63, 3.8) is 0 Å². The Morgan fingerprint density at radius 1 is 1.33 bits per heavy atom. The first-order valence-electron chi connectivity index (χ1n) is 11.3. The molecule has 6 heteroatoms. The molecule has 1 aromatic heterocycles. The number of benzene rings is 1. The van der Waals surface area contributed by atoms with E-state index in [4.69, 9.17) is 4.74 Å². The monoisotopic (exact) mass is 410 g/mol. The van der Waals surface area contributed by atoms with Gasteiger partial charge in [-0.3, -0.25) is 15.1 Å². The zero-order valence-corrected chi connectivity index (χ0v) is 18.4. The summed E-state index contributed by atoms with van der Waals surface area (Å²) in [7, 11) is 1.69. The quantitative estimate of drug-likeness (QED) is 0.712. The van der Waals surface area contributed by atoms with Gasteiger partial charge in [0.1, 0.15) is 5.75 Å². The molecular formula is C24H34N4O2. The molecule has 0 bridgehead atoms. The SMILES string of the molecule is COc1cc(NC(C)CCCN2C(=O)[C@@H](C)NC23CCCCC3)c2ncccc2c1. The van der Waals surface area contributed by atoms with Gasteiger partial charge in [0.2, 0.25) is 5.91 Å². The molecule has 2 fully saturated rings. The van der Waals surface area contributed by atoms with Crippen molar-refractivity contribution in [2.75, 3.05) is 19.0 Å². The molecule has 2 aliphatic rings. The van der Waals surface area contributed by atoms with Crippen LogP contribution < -0.4 is 15.4 Å². The third kappa shape index (κ3) is 4.10. The summed E-state index contributed by atoms with van der Waals surface area (Å²) in [5.74, 6) is 1.09. The van der Waals surface area contributed by atoms with Crippen LogP contribution in [0.5, 0.6) is 5.75 Å². The number of hydrogen-bond acceptors (Lipinski definition) is 5. The van der Waals surface area contributed by atoms with Gasteiger partial charge in [-0.1, -0.05) is 12.5 Å². The van der Waals surface area contributed by atoms with Crippen LogP contribution in [0, 0.1) is 0 Å². The normalized spacial score (nSPS) is 21.9. The van der Waals surface area contributed by atoms with Gasteiger partial charge in [-0.2, -0.15) is 0 Å². The molecule has 1 aromatic carbocycles. The second-order valence-corrected chi connectivity index (χ2v) is 8.89. The molecular weight excluding hydrogens is 376 g/mol. The van der Waals surface area contributed by atoms with Crippen molar-refractivity contribution in [1.82, 2.24) is 15.2 Å². The Hall–Kier alpha value is -2.34. The number of amides is 1. The Labute approximate surface area is 179 Å². The topological polar surface area (TPSA) is 66.5 Å². The summed E-state index contributed by atoms with van der Waals surface area (Å²) >= 11 is 0. The number of nitrogens with one attached hydrogen (secondary N) is 2. The summed E-state index contributed by atoms with van der Waals surface area (Å²) in [6, 6.07) is 8.23. The Morgan fingerprint density at radius 3 is 2.90 bits per heavy atom. The highest BCUT2D eigenvalue weighted by Crippen LogP contribution is 2.36. The van der Waals surface area contributed by atoms with Gasteiger partial charge in [-0.15, -0.1) is 0 Å². The number of carbonyl (C=O) groups is 1. The highest BCUT2D eigenvalue weighted by Gasteiger charge is 2.48. The lowest BCUT2D eigenvalue weighted by molar-refractivity contribution is -0.132. The maximum atomic E-state index is 12.8. The van der Waals surface area contributed by atoms with Gasteiger partial charge >= 0.3 is 0 Å². The van der Waals surface area contributed by atoms with E-state index in [0.29, 0.717) is 0 Å². The van der Waals surface area contributed by atoms with E-state index in [9.17, 15) is 4.79 Å². The highest BCUT2D eigenvalue weighted by atomic mass is 16.5. The Bertz CT molecular complexity index is 894. The van der Waals surface area contributed by atoms with Crippen LogP contribution in [-0.2, 0) is 4.79 Å². The highest BCUT2D eigenvalue weighted by molar-refractivity contribution is 5.92. The van der Waals surface area contributed by atoms with E-state index in [-0.39, 0.29) is 23.7 Å². The van der Waals surface area contributed by atoms with Crippen molar-refractivity contribution in [1.29, 1.82) is 0 Å². The molecule has 4 rings (SSSR count). The number of hydrogen-bond donors (Lipinski definition) is 2. The largest absolute Gasteiger partial charge is 0.497 e. The molecule has 2 aromatic rings. The minimum absolute atomic E-state index is 0.0622. The second-order valence-electron chi connectivity index (χ2n) is 8.89. The van der Waals surface area contributed by atoms with Crippen LogP contribution in [-0.4, -0.2) is 47.2 Å². The molecule has 1 saturated heterocycles. The van der Waals surface area contributed by atoms with Gasteiger partial charge in [-0.05, 0) is 64.5 Å². The predicted molar refractivity (Wildman–Crippen MR) is 121 cm³/mol. The molecule has 1 aliphatic carbocycles. The summed E-state index contributed by atoms with van der Waals surface area (Å²) in [6.45, 7) is 5.01. The fourth-order valence-corrected chi connectivity index (χ4v) is 5.15. The average Bonchev–Trinajstić information content (AvgIpc) is 2.97. The van der Waals surface area contributed by atoms with E-state index < -0.39 is 0 Å².